The maximum atomic E-state index is 12.8. The molecule has 0 aromatic heterocycles. The van der Waals surface area contributed by atoms with Crippen molar-refractivity contribution in [3.05, 3.63) is 124 Å². The summed E-state index contributed by atoms with van der Waals surface area (Å²) in [6, 6.07) is 30.3. The summed E-state index contributed by atoms with van der Waals surface area (Å²) in [4.78, 5) is 32.0. The van der Waals surface area contributed by atoms with Crippen molar-refractivity contribution in [2.45, 2.75) is 16.2 Å². The van der Waals surface area contributed by atoms with Crippen LogP contribution in [0.15, 0.2) is 112 Å². The Balaban J connectivity index is 1.40. The van der Waals surface area contributed by atoms with Crippen molar-refractivity contribution in [2.24, 2.45) is 4.99 Å². The maximum absolute atomic E-state index is 12.8. The standard InChI is InChI=1S/C28H20ClN3O2S/c29-21-13-10-19(11-14-21)27-22-8-4-5-9-24(22)35-25-15-12-20(17-23(25)30-27)28(34)32-31-26(33)16-18-6-2-1-3-7-18/h1-15,17H,16H2,(H,31,33)(H,32,34). The first-order valence-electron chi connectivity index (χ1n) is 11.0. The molecular formula is C28H20ClN3O2S. The molecule has 1 heterocycles. The quantitative estimate of drug-likeness (QED) is 0.300. The SMILES string of the molecule is O=C(Cc1ccccc1)NNC(=O)c1ccc2c(c1)N=C(c1ccc(Cl)cc1)c1ccccc1S2. The van der Waals surface area contributed by atoms with E-state index in [1.165, 1.54) is 0 Å². The molecule has 4 aromatic rings. The van der Waals surface area contributed by atoms with E-state index in [4.69, 9.17) is 16.6 Å². The Hall–Kier alpha value is -3.87. The van der Waals surface area contributed by atoms with E-state index in [0.717, 1.165) is 32.2 Å². The average Bonchev–Trinajstić information content (AvgIpc) is 3.05. The highest BCUT2D eigenvalue weighted by Gasteiger charge is 2.20. The van der Waals surface area contributed by atoms with Crippen LogP contribution in [0.25, 0.3) is 0 Å². The number of nitrogens with zero attached hydrogens (tertiary/aromatic N) is 1. The number of rotatable bonds is 4. The maximum Gasteiger partial charge on any atom is 0.269 e. The van der Waals surface area contributed by atoms with Crippen molar-refractivity contribution >= 4 is 46.6 Å². The molecule has 0 radical (unpaired) electrons. The normalized spacial score (nSPS) is 12.0. The highest BCUT2D eigenvalue weighted by molar-refractivity contribution is 7.99. The number of carbonyl (C=O) groups is 2. The molecule has 172 valence electrons. The lowest BCUT2D eigenvalue weighted by Crippen LogP contribution is -2.42. The van der Waals surface area contributed by atoms with Crippen LogP contribution in [-0.4, -0.2) is 17.5 Å². The van der Waals surface area contributed by atoms with Gasteiger partial charge in [-0.15, -0.1) is 0 Å². The van der Waals surface area contributed by atoms with Gasteiger partial charge in [0, 0.05) is 31.5 Å². The lowest BCUT2D eigenvalue weighted by Gasteiger charge is -2.09. The minimum Gasteiger partial charge on any atom is -0.273 e. The molecule has 4 aromatic carbocycles. The van der Waals surface area contributed by atoms with Gasteiger partial charge in [-0.25, -0.2) is 4.99 Å². The van der Waals surface area contributed by atoms with E-state index in [-0.39, 0.29) is 12.3 Å². The van der Waals surface area contributed by atoms with Crippen molar-refractivity contribution in [3.63, 3.8) is 0 Å². The lowest BCUT2D eigenvalue weighted by molar-refractivity contribution is -0.121. The Morgan fingerprint density at radius 3 is 2.34 bits per heavy atom. The topological polar surface area (TPSA) is 70.6 Å². The number of amides is 2. The number of hydrogen-bond donors (Lipinski definition) is 2. The third kappa shape index (κ3) is 5.29. The third-order valence-electron chi connectivity index (χ3n) is 5.46. The van der Waals surface area contributed by atoms with Gasteiger partial charge in [0.2, 0.25) is 5.91 Å². The predicted octanol–water partition coefficient (Wildman–Crippen LogP) is 5.98. The number of benzene rings is 4. The first kappa shape index (κ1) is 22.9. The molecule has 0 spiro atoms. The zero-order valence-corrected chi connectivity index (χ0v) is 20.1. The van der Waals surface area contributed by atoms with Gasteiger partial charge >= 0.3 is 0 Å². The van der Waals surface area contributed by atoms with Crippen molar-refractivity contribution in [3.8, 4) is 0 Å². The fraction of sp³-hybridized carbons (Fsp3) is 0.0357. The van der Waals surface area contributed by atoms with Crippen LogP contribution in [0.5, 0.6) is 0 Å². The Bertz CT molecular complexity index is 1440. The number of nitrogens with one attached hydrogen (secondary N) is 2. The highest BCUT2D eigenvalue weighted by atomic mass is 35.5. The van der Waals surface area contributed by atoms with Crippen LogP contribution >= 0.6 is 23.4 Å². The van der Waals surface area contributed by atoms with E-state index in [0.29, 0.717) is 16.3 Å². The van der Waals surface area contributed by atoms with E-state index < -0.39 is 5.91 Å². The molecule has 35 heavy (non-hydrogen) atoms. The summed E-state index contributed by atoms with van der Waals surface area (Å²) in [5, 5.41) is 0.652. The number of fused-ring (bicyclic) bond motifs is 2. The molecule has 2 N–H and O–H groups in total. The average molecular weight is 498 g/mol. The molecule has 0 fully saturated rings. The van der Waals surface area contributed by atoms with E-state index in [9.17, 15) is 9.59 Å². The van der Waals surface area contributed by atoms with Crippen molar-refractivity contribution in [1.82, 2.24) is 10.9 Å². The number of halogens is 1. The number of hydrogen-bond acceptors (Lipinski definition) is 4. The minimum absolute atomic E-state index is 0.176. The smallest absolute Gasteiger partial charge is 0.269 e. The molecule has 7 heteroatoms. The van der Waals surface area contributed by atoms with Gasteiger partial charge in [-0.1, -0.05) is 84.0 Å². The summed E-state index contributed by atoms with van der Waals surface area (Å²) in [6.45, 7) is 0. The molecule has 5 nitrogen and oxygen atoms in total. The first-order chi connectivity index (χ1) is 17.1. The summed E-state index contributed by atoms with van der Waals surface area (Å²) >= 11 is 7.70. The Morgan fingerprint density at radius 2 is 1.54 bits per heavy atom. The van der Waals surface area contributed by atoms with Gasteiger partial charge in [-0.05, 0) is 42.0 Å². The second-order valence-corrected chi connectivity index (χ2v) is 9.43. The molecule has 2 amide bonds. The van der Waals surface area contributed by atoms with Crippen LogP contribution in [0.2, 0.25) is 5.02 Å². The summed E-state index contributed by atoms with van der Waals surface area (Å²) in [5.41, 5.74) is 9.67. The van der Waals surface area contributed by atoms with Crippen LogP contribution in [0.1, 0.15) is 27.0 Å². The van der Waals surface area contributed by atoms with Gasteiger partial charge in [0.05, 0.1) is 17.8 Å². The number of carbonyl (C=O) groups excluding carboxylic acids is 2. The second kappa shape index (κ2) is 10.2. The highest BCUT2D eigenvalue weighted by Crippen LogP contribution is 2.41. The van der Waals surface area contributed by atoms with Crippen LogP contribution in [0.3, 0.4) is 0 Å². The van der Waals surface area contributed by atoms with Crippen molar-refractivity contribution in [2.75, 3.05) is 0 Å². The van der Waals surface area contributed by atoms with Gasteiger partial charge in [-0.3, -0.25) is 20.4 Å². The van der Waals surface area contributed by atoms with Gasteiger partial charge in [0.1, 0.15) is 0 Å². The fourth-order valence-corrected chi connectivity index (χ4v) is 4.86. The first-order valence-corrected chi connectivity index (χ1v) is 12.2. The largest absolute Gasteiger partial charge is 0.273 e. The van der Waals surface area contributed by atoms with Gasteiger partial charge in [-0.2, -0.15) is 0 Å². The van der Waals surface area contributed by atoms with Crippen molar-refractivity contribution in [1.29, 1.82) is 0 Å². The Labute approximate surface area is 212 Å². The molecule has 5 rings (SSSR count). The molecule has 1 aliphatic heterocycles. The van der Waals surface area contributed by atoms with Crippen molar-refractivity contribution < 1.29 is 9.59 Å². The molecular weight excluding hydrogens is 478 g/mol. The van der Waals surface area contributed by atoms with Crippen LogP contribution in [0, 0.1) is 0 Å². The molecule has 0 saturated heterocycles. The van der Waals surface area contributed by atoms with Crippen LogP contribution < -0.4 is 10.9 Å². The lowest BCUT2D eigenvalue weighted by atomic mass is 10.0. The summed E-state index contributed by atoms with van der Waals surface area (Å²) in [6.07, 6.45) is 0.176. The van der Waals surface area contributed by atoms with Gasteiger partial charge in [0.25, 0.3) is 5.91 Å². The molecule has 0 saturated carbocycles. The second-order valence-electron chi connectivity index (χ2n) is 7.91. The Morgan fingerprint density at radius 1 is 0.800 bits per heavy atom. The molecule has 0 bridgehead atoms. The third-order valence-corrected chi connectivity index (χ3v) is 6.85. The van der Waals surface area contributed by atoms with Crippen LogP contribution in [-0.2, 0) is 11.2 Å². The molecule has 0 aliphatic carbocycles. The zero-order valence-electron chi connectivity index (χ0n) is 18.5. The van der Waals surface area contributed by atoms with E-state index >= 15 is 0 Å². The fourth-order valence-electron chi connectivity index (χ4n) is 3.73. The van der Waals surface area contributed by atoms with Gasteiger partial charge < -0.3 is 0 Å². The molecule has 0 unspecified atom stereocenters. The zero-order chi connectivity index (χ0) is 24.2. The number of aliphatic imine (C=N–C) groups is 1. The van der Waals surface area contributed by atoms with Gasteiger partial charge in [0.15, 0.2) is 0 Å². The summed E-state index contributed by atoms with van der Waals surface area (Å²) in [5.74, 6) is -0.711. The minimum atomic E-state index is -0.413. The van der Waals surface area contributed by atoms with Crippen LogP contribution in [0.4, 0.5) is 5.69 Å². The molecule has 0 atom stereocenters. The van der Waals surface area contributed by atoms with E-state index in [1.807, 2.05) is 78.9 Å². The Kier molecular flexibility index (Phi) is 6.66. The summed E-state index contributed by atoms with van der Waals surface area (Å²) in [7, 11) is 0. The molecule has 1 aliphatic rings. The predicted molar refractivity (Wildman–Crippen MR) is 140 cm³/mol. The summed E-state index contributed by atoms with van der Waals surface area (Å²) < 4.78 is 0. The van der Waals surface area contributed by atoms with E-state index in [2.05, 4.69) is 16.9 Å². The monoisotopic (exact) mass is 497 g/mol. The number of hydrazine groups is 1. The van der Waals surface area contributed by atoms with E-state index in [1.54, 1.807) is 23.9 Å².